The number of aliphatic hydroxyl groups is 1. The van der Waals surface area contributed by atoms with E-state index >= 15 is 0 Å². The first-order valence-corrected chi connectivity index (χ1v) is 4.97. The molecule has 4 heteroatoms. The van der Waals surface area contributed by atoms with Crippen LogP contribution in [-0.2, 0) is 4.79 Å². The number of nitrogens with one attached hydrogen (secondary N) is 1. The highest BCUT2D eigenvalue weighted by atomic mass is 16.4. The number of carbonyl (C=O) groups is 1. The summed E-state index contributed by atoms with van der Waals surface area (Å²) < 4.78 is 0. The zero-order chi connectivity index (χ0) is 10.4. The van der Waals surface area contributed by atoms with E-state index in [9.17, 15) is 4.79 Å². The highest BCUT2D eigenvalue weighted by Crippen LogP contribution is 2.30. The normalized spacial score (nSPS) is 26.9. The van der Waals surface area contributed by atoms with Crippen molar-refractivity contribution in [2.75, 3.05) is 13.2 Å². The van der Waals surface area contributed by atoms with E-state index in [-0.39, 0.29) is 6.61 Å². The van der Waals surface area contributed by atoms with Crippen LogP contribution in [0.2, 0.25) is 0 Å². The zero-order valence-corrected chi connectivity index (χ0v) is 8.15. The minimum atomic E-state index is -0.942. The Kier molecular flexibility index (Phi) is 4.46. The van der Waals surface area contributed by atoms with Crippen molar-refractivity contribution in [3.63, 3.8) is 0 Å². The monoisotopic (exact) mass is 199 g/mol. The van der Waals surface area contributed by atoms with Crippen molar-refractivity contribution in [1.82, 2.24) is 5.32 Å². The zero-order valence-electron chi connectivity index (χ0n) is 8.15. The van der Waals surface area contributed by atoms with Gasteiger partial charge < -0.3 is 15.5 Å². The summed E-state index contributed by atoms with van der Waals surface area (Å²) in [6.07, 6.45) is 5.92. The average molecular weight is 199 g/mol. The van der Waals surface area contributed by atoms with Gasteiger partial charge in [-0.1, -0.05) is 6.42 Å². The summed E-state index contributed by atoms with van der Waals surface area (Å²) >= 11 is 0. The Hall–Kier alpha value is -1.03. The smallest absolute Gasteiger partial charge is 0.329 e. The summed E-state index contributed by atoms with van der Waals surface area (Å²) in [5.41, 5.74) is 0. The quantitative estimate of drug-likeness (QED) is 0.567. The van der Waals surface area contributed by atoms with Crippen molar-refractivity contribution in [3.05, 3.63) is 12.3 Å². The maximum Gasteiger partial charge on any atom is 0.329 e. The van der Waals surface area contributed by atoms with Gasteiger partial charge in [-0.3, -0.25) is 0 Å². The third-order valence-corrected chi connectivity index (χ3v) is 2.77. The first kappa shape index (κ1) is 11.0. The molecule has 0 radical (unpaired) electrons. The van der Waals surface area contributed by atoms with Gasteiger partial charge in [0.2, 0.25) is 0 Å². The second kappa shape index (κ2) is 5.65. The number of carboxylic acid groups (broad SMARTS) is 1. The third-order valence-electron chi connectivity index (χ3n) is 2.77. The second-order valence-corrected chi connectivity index (χ2v) is 3.71. The van der Waals surface area contributed by atoms with Gasteiger partial charge in [-0.05, 0) is 24.7 Å². The highest BCUT2D eigenvalue weighted by Gasteiger charge is 2.25. The van der Waals surface area contributed by atoms with Gasteiger partial charge in [-0.15, -0.1) is 0 Å². The molecule has 0 saturated heterocycles. The molecule has 2 unspecified atom stereocenters. The second-order valence-electron chi connectivity index (χ2n) is 3.71. The van der Waals surface area contributed by atoms with E-state index in [0.717, 1.165) is 25.5 Å². The molecule has 0 aromatic heterocycles. The number of hydrogen-bond donors (Lipinski definition) is 3. The van der Waals surface area contributed by atoms with Gasteiger partial charge in [-0.25, -0.2) is 4.79 Å². The lowest BCUT2D eigenvalue weighted by Gasteiger charge is -2.16. The van der Waals surface area contributed by atoms with Crippen molar-refractivity contribution in [2.45, 2.75) is 19.3 Å². The SMILES string of the molecule is O=C(O)/C=C/NCC1CCCC1CO. The van der Waals surface area contributed by atoms with Gasteiger partial charge in [0.25, 0.3) is 0 Å². The average Bonchev–Trinajstić information content (AvgIpc) is 2.59. The van der Waals surface area contributed by atoms with Gasteiger partial charge in [0.05, 0.1) is 0 Å². The van der Waals surface area contributed by atoms with E-state index in [2.05, 4.69) is 5.32 Å². The molecule has 0 aromatic carbocycles. The summed E-state index contributed by atoms with van der Waals surface area (Å²) in [5, 5.41) is 20.3. The standard InChI is InChI=1S/C10H17NO3/c12-7-9-3-1-2-8(9)6-11-5-4-10(13)14/h4-5,8-9,11-12H,1-3,6-7H2,(H,13,14)/b5-4+. The molecule has 0 amide bonds. The van der Waals surface area contributed by atoms with Crippen molar-refractivity contribution in [3.8, 4) is 0 Å². The summed E-state index contributed by atoms with van der Waals surface area (Å²) in [6.45, 7) is 1.00. The fourth-order valence-electron chi connectivity index (χ4n) is 1.97. The van der Waals surface area contributed by atoms with E-state index < -0.39 is 5.97 Å². The summed E-state index contributed by atoms with van der Waals surface area (Å²) in [4.78, 5) is 10.1. The Morgan fingerprint density at radius 3 is 2.79 bits per heavy atom. The highest BCUT2D eigenvalue weighted by molar-refractivity contribution is 5.79. The molecule has 4 nitrogen and oxygen atoms in total. The topological polar surface area (TPSA) is 69.6 Å². The van der Waals surface area contributed by atoms with Gasteiger partial charge >= 0.3 is 5.97 Å². The molecule has 0 heterocycles. The predicted octanol–water partition coefficient (Wildman–Crippen LogP) is 0.583. The van der Waals surface area contributed by atoms with Gasteiger partial charge in [0.1, 0.15) is 0 Å². The van der Waals surface area contributed by atoms with Crippen LogP contribution in [0.5, 0.6) is 0 Å². The molecule has 14 heavy (non-hydrogen) atoms. The van der Waals surface area contributed by atoms with Crippen LogP contribution in [0.4, 0.5) is 0 Å². The van der Waals surface area contributed by atoms with Gasteiger partial charge in [0, 0.05) is 25.4 Å². The first-order valence-electron chi connectivity index (χ1n) is 4.97. The lowest BCUT2D eigenvalue weighted by atomic mass is 9.97. The Labute approximate surface area is 83.6 Å². The van der Waals surface area contributed by atoms with Crippen LogP contribution < -0.4 is 5.32 Å². The van der Waals surface area contributed by atoms with Crippen molar-refractivity contribution >= 4 is 5.97 Å². The molecule has 0 bridgehead atoms. The molecule has 1 aliphatic rings. The largest absolute Gasteiger partial charge is 0.478 e. The molecule has 1 fully saturated rings. The molecule has 1 rings (SSSR count). The molecule has 2 atom stereocenters. The number of aliphatic carboxylic acids is 1. The molecule has 3 N–H and O–H groups in total. The minimum Gasteiger partial charge on any atom is -0.478 e. The van der Waals surface area contributed by atoms with E-state index in [1.54, 1.807) is 0 Å². The van der Waals surface area contributed by atoms with Gasteiger partial charge in [-0.2, -0.15) is 0 Å². The summed E-state index contributed by atoms with van der Waals surface area (Å²) in [7, 11) is 0. The maximum atomic E-state index is 10.1. The van der Waals surface area contributed by atoms with E-state index in [0.29, 0.717) is 11.8 Å². The Morgan fingerprint density at radius 2 is 2.14 bits per heavy atom. The van der Waals surface area contributed by atoms with Crippen molar-refractivity contribution in [2.24, 2.45) is 11.8 Å². The predicted molar refractivity (Wildman–Crippen MR) is 52.7 cm³/mol. The molecule has 1 aliphatic carbocycles. The number of hydrogen-bond acceptors (Lipinski definition) is 3. The van der Waals surface area contributed by atoms with E-state index in [1.165, 1.54) is 12.6 Å². The first-order chi connectivity index (χ1) is 6.74. The summed E-state index contributed by atoms with van der Waals surface area (Å²) in [6, 6.07) is 0. The van der Waals surface area contributed by atoms with Crippen LogP contribution in [0.1, 0.15) is 19.3 Å². The minimum absolute atomic E-state index is 0.245. The number of carboxylic acids is 1. The van der Waals surface area contributed by atoms with Crippen LogP contribution in [0.15, 0.2) is 12.3 Å². The van der Waals surface area contributed by atoms with E-state index in [4.69, 9.17) is 10.2 Å². The molecular formula is C10H17NO3. The van der Waals surface area contributed by atoms with Crippen LogP contribution in [0.25, 0.3) is 0 Å². The Bertz CT molecular complexity index is 215. The van der Waals surface area contributed by atoms with Crippen LogP contribution in [-0.4, -0.2) is 29.3 Å². The number of rotatable bonds is 5. The van der Waals surface area contributed by atoms with Crippen LogP contribution in [0.3, 0.4) is 0 Å². The molecule has 0 aromatic rings. The summed E-state index contributed by atoms with van der Waals surface area (Å²) in [5.74, 6) is -0.0678. The Balaban J connectivity index is 2.20. The lowest BCUT2D eigenvalue weighted by molar-refractivity contribution is -0.131. The fraction of sp³-hybridized carbons (Fsp3) is 0.700. The lowest BCUT2D eigenvalue weighted by Crippen LogP contribution is -2.23. The molecular weight excluding hydrogens is 182 g/mol. The van der Waals surface area contributed by atoms with Crippen LogP contribution in [0, 0.1) is 11.8 Å². The Morgan fingerprint density at radius 1 is 1.43 bits per heavy atom. The third kappa shape index (κ3) is 3.38. The van der Waals surface area contributed by atoms with Gasteiger partial charge in [0.15, 0.2) is 0 Å². The molecule has 80 valence electrons. The molecule has 0 aliphatic heterocycles. The number of aliphatic hydroxyl groups excluding tert-OH is 1. The van der Waals surface area contributed by atoms with Crippen molar-refractivity contribution < 1.29 is 15.0 Å². The maximum absolute atomic E-state index is 10.1. The van der Waals surface area contributed by atoms with Crippen LogP contribution >= 0.6 is 0 Å². The van der Waals surface area contributed by atoms with E-state index in [1.807, 2.05) is 0 Å². The fourth-order valence-corrected chi connectivity index (χ4v) is 1.97. The molecule has 1 saturated carbocycles. The van der Waals surface area contributed by atoms with Crippen molar-refractivity contribution in [1.29, 1.82) is 0 Å². The molecule has 0 spiro atoms.